The van der Waals surface area contributed by atoms with Crippen LogP contribution in [-0.4, -0.2) is 72.8 Å². The summed E-state index contributed by atoms with van der Waals surface area (Å²) in [7, 11) is 3.27. The van der Waals surface area contributed by atoms with Gasteiger partial charge in [0, 0.05) is 58.7 Å². The van der Waals surface area contributed by atoms with E-state index in [1.165, 1.54) is 7.11 Å². The lowest BCUT2D eigenvalue weighted by atomic mass is 10.2. The van der Waals surface area contributed by atoms with Crippen LogP contribution in [0.5, 0.6) is 5.75 Å². The molecule has 1 fully saturated rings. The Morgan fingerprint density at radius 1 is 1.29 bits per heavy atom. The zero-order valence-electron chi connectivity index (χ0n) is 18.6. The molecule has 1 aromatic heterocycles. The average Bonchev–Trinajstić information content (AvgIpc) is 3.22. The Morgan fingerprint density at radius 3 is 2.61 bits per heavy atom. The first-order valence-corrected chi connectivity index (χ1v) is 10.3. The van der Waals surface area contributed by atoms with Gasteiger partial charge in [-0.3, -0.25) is 9.89 Å². The predicted molar refractivity (Wildman–Crippen MR) is 129 cm³/mol. The third-order valence-corrected chi connectivity index (χ3v) is 5.13. The van der Waals surface area contributed by atoms with E-state index < -0.39 is 0 Å². The zero-order valence-corrected chi connectivity index (χ0v) is 20.9. The fourth-order valence-corrected chi connectivity index (χ4v) is 3.40. The number of aromatic nitrogens is 2. The van der Waals surface area contributed by atoms with Crippen LogP contribution in [0.25, 0.3) is 0 Å². The SMILES string of the molecule is CN=C(NCCc1nc(C(C)C)no1)N1CCN(Cc2ccc(OC)c(F)c2)CC1.I. The highest BCUT2D eigenvalue weighted by atomic mass is 127. The predicted octanol–water partition coefficient (Wildman–Crippen LogP) is 2.89. The van der Waals surface area contributed by atoms with Crippen molar-refractivity contribution in [1.29, 1.82) is 0 Å². The van der Waals surface area contributed by atoms with Crippen LogP contribution >= 0.6 is 24.0 Å². The summed E-state index contributed by atoms with van der Waals surface area (Å²) in [6.07, 6.45) is 0.655. The molecule has 0 atom stereocenters. The highest BCUT2D eigenvalue weighted by molar-refractivity contribution is 14.0. The standard InChI is InChI=1S/C21H31FN6O2.HI/c1-15(2)20-25-19(30-26-20)7-8-24-21(23-3)28-11-9-27(10-12-28)14-16-5-6-18(29-4)17(22)13-16;/h5-6,13,15H,7-12,14H2,1-4H3,(H,23,24);1H. The van der Waals surface area contributed by atoms with E-state index in [4.69, 9.17) is 9.26 Å². The number of methoxy groups -OCH3 is 1. The molecule has 2 heterocycles. The number of ether oxygens (including phenoxy) is 1. The molecule has 1 aliphatic heterocycles. The van der Waals surface area contributed by atoms with E-state index in [1.807, 2.05) is 19.9 Å². The molecule has 0 spiro atoms. The van der Waals surface area contributed by atoms with E-state index in [9.17, 15) is 4.39 Å². The third kappa shape index (κ3) is 7.03. The Balaban J connectivity index is 0.00000341. The Bertz CT molecular complexity index is 852. The fraction of sp³-hybridized carbons (Fsp3) is 0.571. The van der Waals surface area contributed by atoms with Gasteiger partial charge in [-0.2, -0.15) is 4.98 Å². The molecule has 1 aliphatic rings. The highest BCUT2D eigenvalue weighted by Gasteiger charge is 2.20. The molecule has 31 heavy (non-hydrogen) atoms. The first-order valence-electron chi connectivity index (χ1n) is 10.3. The number of hydrogen-bond donors (Lipinski definition) is 1. The first-order chi connectivity index (χ1) is 14.5. The van der Waals surface area contributed by atoms with Crippen LogP contribution in [0.3, 0.4) is 0 Å². The Hall–Kier alpha value is -1.95. The van der Waals surface area contributed by atoms with E-state index in [-0.39, 0.29) is 41.5 Å². The maximum atomic E-state index is 13.9. The van der Waals surface area contributed by atoms with Crippen LogP contribution in [0, 0.1) is 5.82 Å². The van der Waals surface area contributed by atoms with Crippen LogP contribution in [0.2, 0.25) is 0 Å². The van der Waals surface area contributed by atoms with Gasteiger partial charge in [-0.25, -0.2) is 4.39 Å². The van der Waals surface area contributed by atoms with Crippen molar-refractivity contribution in [3.8, 4) is 5.75 Å². The molecule has 0 bridgehead atoms. The van der Waals surface area contributed by atoms with Crippen molar-refractivity contribution in [1.82, 2.24) is 25.3 Å². The number of nitrogens with zero attached hydrogens (tertiary/aromatic N) is 5. The summed E-state index contributed by atoms with van der Waals surface area (Å²) in [5.41, 5.74) is 0.949. The lowest BCUT2D eigenvalue weighted by molar-refractivity contribution is 0.172. The maximum Gasteiger partial charge on any atom is 0.228 e. The van der Waals surface area contributed by atoms with Gasteiger partial charge >= 0.3 is 0 Å². The highest BCUT2D eigenvalue weighted by Crippen LogP contribution is 2.19. The second-order valence-electron chi connectivity index (χ2n) is 7.66. The van der Waals surface area contributed by atoms with Crippen LogP contribution < -0.4 is 10.1 Å². The summed E-state index contributed by atoms with van der Waals surface area (Å²) >= 11 is 0. The molecule has 0 unspecified atom stereocenters. The molecule has 0 radical (unpaired) electrons. The van der Waals surface area contributed by atoms with Gasteiger partial charge in [0.05, 0.1) is 7.11 Å². The summed E-state index contributed by atoms with van der Waals surface area (Å²) in [5.74, 6) is 2.46. The van der Waals surface area contributed by atoms with Gasteiger partial charge < -0.3 is 19.5 Å². The van der Waals surface area contributed by atoms with Gasteiger partial charge in [0.15, 0.2) is 23.4 Å². The van der Waals surface area contributed by atoms with Crippen molar-refractivity contribution in [3.05, 3.63) is 41.3 Å². The molecule has 1 N–H and O–H groups in total. The first kappa shape index (κ1) is 25.3. The van der Waals surface area contributed by atoms with Crippen molar-refractivity contribution >= 4 is 29.9 Å². The lowest BCUT2D eigenvalue weighted by Gasteiger charge is -2.36. The Morgan fingerprint density at radius 2 is 2.03 bits per heavy atom. The Kier molecular flexibility index (Phi) is 9.94. The normalized spacial score (nSPS) is 15.2. The summed E-state index contributed by atoms with van der Waals surface area (Å²) in [6, 6.07) is 5.14. The van der Waals surface area contributed by atoms with Gasteiger partial charge in [0.1, 0.15) is 0 Å². The second kappa shape index (κ2) is 12.2. The number of nitrogens with one attached hydrogen (secondary N) is 1. The topological polar surface area (TPSA) is 79.0 Å². The smallest absolute Gasteiger partial charge is 0.228 e. The van der Waals surface area contributed by atoms with Crippen LogP contribution in [0.4, 0.5) is 4.39 Å². The summed E-state index contributed by atoms with van der Waals surface area (Å²) in [6.45, 7) is 8.96. The second-order valence-corrected chi connectivity index (χ2v) is 7.66. The number of aliphatic imine (C=N–C) groups is 1. The van der Waals surface area contributed by atoms with Crippen molar-refractivity contribution in [2.75, 3.05) is 46.9 Å². The average molecular weight is 546 g/mol. The summed E-state index contributed by atoms with van der Waals surface area (Å²) in [5, 5.41) is 7.37. The van der Waals surface area contributed by atoms with E-state index in [2.05, 4.69) is 30.2 Å². The molecule has 0 saturated carbocycles. The number of rotatable bonds is 7. The van der Waals surface area contributed by atoms with Gasteiger partial charge in [-0.15, -0.1) is 24.0 Å². The summed E-state index contributed by atoms with van der Waals surface area (Å²) < 4.78 is 24.2. The molecular weight excluding hydrogens is 514 g/mol. The molecule has 8 nitrogen and oxygen atoms in total. The van der Waals surface area contributed by atoms with E-state index in [0.29, 0.717) is 18.9 Å². The molecule has 1 saturated heterocycles. The van der Waals surface area contributed by atoms with E-state index >= 15 is 0 Å². The minimum Gasteiger partial charge on any atom is -0.494 e. The number of guanidine groups is 1. The van der Waals surface area contributed by atoms with E-state index in [1.54, 1.807) is 19.2 Å². The molecule has 10 heteroatoms. The quantitative estimate of drug-likeness (QED) is 0.325. The maximum absolute atomic E-state index is 13.9. The molecular formula is C21H32FIN6O2. The van der Waals surface area contributed by atoms with Crippen LogP contribution in [0.1, 0.15) is 37.0 Å². The monoisotopic (exact) mass is 546 g/mol. The molecule has 1 aromatic carbocycles. The number of piperazine rings is 1. The third-order valence-electron chi connectivity index (χ3n) is 5.13. The largest absolute Gasteiger partial charge is 0.494 e. The minimum atomic E-state index is -0.319. The van der Waals surface area contributed by atoms with Gasteiger partial charge in [-0.1, -0.05) is 25.1 Å². The minimum absolute atomic E-state index is 0. The van der Waals surface area contributed by atoms with Gasteiger partial charge in [0.25, 0.3) is 0 Å². The molecule has 0 amide bonds. The van der Waals surface area contributed by atoms with Crippen molar-refractivity contribution in [2.45, 2.75) is 32.7 Å². The molecule has 172 valence electrons. The summed E-state index contributed by atoms with van der Waals surface area (Å²) in [4.78, 5) is 13.3. The Labute approximate surface area is 200 Å². The number of benzene rings is 1. The molecule has 3 rings (SSSR count). The van der Waals surface area contributed by atoms with Crippen molar-refractivity contribution in [2.24, 2.45) is 4.99 Å². The van der Waals surface area contributed by atoms with Crippen LogP contribution in [-0.2, 0) is 13.0 Å². The van der Waals surface area contributed by atoms with Crippen LogP contribution in [0.15, 0.2) is 27.7 Å². The molecule has 0 aliphatic carbocycles. The van der Waals surface area contributed by atoms with E-state index in [0.717, 1.165) is 50.1 Å². The van der Waals surface area contributed by atoms with Gasteiger partial charge in [-0.05, 0) is 17.7 Å². The zero-order chi connectivity index (χ0) is 21.5. The number of halogens is 2. The van der Waals surface area contributed by atoms with Gasteiger partial charge in [0.2, 0.25) is 5.89 Å². The lowest BCUT2D eigenvalue weighted by Crippen LogP contribution is -2.52. The molecule has 2 aromatic rings. The fourth-order valence-electron chi connectivity index (χ4n) is 3.40. The van der Waals surface area contributed by atoms with Crippen molar-refractivity contribution < 1.29 is 13.7 Å². The number of hydrogen-bond acceptors (Lipinski definition) is 6. The van der Waals surface area contributed by atoms with Crippen molar-refractivity contribution in [3.63, 3.8) is 0 Å².